The molecule has 0 bridgehead atoms. The Morgan fingerprint density at radius 3 is 2.05 bits per heavy atom. The number of aromatic nitrogens is 1. The zero-order valence-electron chi connectivity index (χ0n) is 19.7. The van der Waals surface area contributed by atoms with Gasteiger partial charge in [0, 0.05) is 9.86 Å². The van der Waals surface area contributed by atoms with E-state index in [0.29, 0.717) is 20.9 Å². The fourth-order valence-electron chi connectivity index (χ4n) is 4.25. The molecule has 0 radical (unpaired) electrons. The number of fused-ring (bicyclic) bond motifs is 1. The Labute approximate surface area is 224 Å². The van der Waals surface area contributed by atoms with Gasteiger partial charge in [-0.1, -0.05) is 88.2 Å². The van der Waals surface area contributed by atoms with Crippen molar-refractivity contribution in [3.8, 4) is 0 Å². The Kier molecular flexibility index (Phi) is 6.80. The molecular weight excluding hydrogens is 572 g/mol. The van der Waals surface area contributed by atoms with Gasteiger partial charge >= 0.3 is 0 Å². The molecule has 0 aliphatic heterocycles. The van der Waals surface area contributed by atoms with Crippen LogP contribution in [0.4, 0.5) is 0 Å². The van der Waals surface area contributed by atoms with Crippen LogP contribution in [0, 0.1) is 6.92 Å². The second-order valence-corrected chi connectivity index (χ2v) is 13.0. The lowest BCUT2D eigenvalue weighted by molar-refractivity contribution is 0.563. The molecule has 0 saturated carbocycles. The SMILES string of the molecule is Cc1ccc(S(=O)(=O)N[C@@H](c2ccccc2Br)c2cc3ccccc3n2S(=O)(=O)c2ccccc2)cc1. The van der Waals surface area contributed by atoms with Gasteiger partial charge in [-0.15, -0.1) is 0 Å². The van der Waals surface area contributed by atoms with Crippen molar-refractivity contribution in [2.75, 3.05) is 0 Å². The summed E-state index contributed by atoms with van der Waals surface area (Å²) in [6.45, 7) is 1.88. The van der Waals surface area contributed by atoms with Crippen LogP contribution >= 0.6 is 15.9 Å². The molecule has 0 spiro atoms. The van der Waals surface area contributed by atoms with Crippen molar-refractivity contribution in [3.63, 3.8) is 0 Å². The summed E-state index contributed by atoms with van der Waals surface area (Å²) in [6.07, 6.45) is 0. The summed E-state index contributed by atoms with van der Waals surface area (Å²) >= 11 is 3.54. The molecule has 0 aliphatic rings. The zero-order chi connectivity index (χ0) is 26.2. The van der Waals surface area contributed by atoms with Gasteiger partial charge < -0.3 is 0 Å². The standard InChI is InChI=1S/C28H23BrN2O4S2/c1-20-15-17-22(18-16-20)36(32,33)30-28(24-12-6-7-13-25(24)29)27-19-21-9-5-8-14-26(21)31(27)37(34,35)23-10-3-2-4-11-23/h2-19,28,30H,1H3/t28-/m0/s1. The second-order valence-electron chi connectivity index (χ2n) is 8.60. The van der Waals surface area contributed by atoms with Gasteiger partial charge in [0.2, 0.25) is 10.0 Å². The van der Waals surface area contributed by atoms with Crippen LogP contribution in [0.1, 0.15) is 22.9 Å². The summed E-state index contributed by atoms with van der Waals surface area (Å²) in [4.78, 5) is 0.189. The molecule has 0 fully saturated rings. The van der Waals surface area contributed by atoms with Crippen LogP contribution in [0.3, 0.4) is 0 Å². The molecule has 1 atom stereocenters. The van der Waals surface area contributed by atoms with Gasteiger partial charge in [-0.05, 0) is 55.0 Å². The van der Waals surface area contributed by atoms with Crippen molar-refractivity contribution in [1.82, 2.24) is 8.69 Å². The van der Waals surface area contributed by atoms with Crippen molar-refractivity contribution >= 4 is 46.9 Å². The van der Waals surface area contributed by atoms with Crippen LogP contribution in [0.2, 0.25) is 0 Å². The zero-order valence-corrected chi connectivity index (χ0v) is 23.0. The van der Waals surface area contributed by atoms with Crippen LogP contribution in [0.5, 0.6) is 0 Å². The maximum atomic E-state index is 14.0. The van der Waals surface area contributed by atoms with Crippen molar-refractivity contribution < 1.29 is 16.8 Å². The van der Waals surface area contributed by atoms with E-state index in [4.69, 9.17) is 0 Å². The highest BCUT2D eigenvalue weighted by Gasteiger charge is 2.32. The molecular formula is C28H23BrN2O4S2. The first-order valence-electron chi connectivity index (χ1n) is 11.4. The van der Waals surface area contributed by atoms with Crippen LogP contribution < -0.4 is 4.72 Å². The number of para-hydroxylation sites is 1. The molecule has 0 aliphatic carbocycles. The summed E-state index contributed by atoms with van der Waals surface area (Å²) in [5.74, 6) is 0. The Morgan fingerprint density at radius 1 is 0.730 bits per heavy atom. The van der Waals surface area contributed by atoms with Gasteiger partial charge in [-0.2, -0.15) is 4.72 Å². The van der Waals surface area contributed by atoms with E-state index in [9.17, 15) is 16.8 Å². The fraction of sp³-hybridized carbons (Fsp3) is 0.0714. The monoisotopic (exact) mass is 594 g/mol. The summed E-state index contributed by atoms with van der Waals surface area (Å²) in [6, 6.07) is 29.6. The third kappa shape index (κ3) is 4.87. The van der Waals surface area contributed by atoms with Crippen LogP contribution in [-0.2, 0) is 20.0 Å². The number of sulfonamides is 1. The van der Waals surface area contributed by atoms with Gasteiger partial charge in [0.15, 0.2) is 0 Å². The predicted octanol–water partition coefficient (Wildman–Crippen LogP) is 6.02. The van der Waals surface area contributed by atoms with E-state index in [1.165, 1.54) is 28.2 Å². The van der Waals surface area contributed by atoms with Crippen molar-refractivity contribution in [2.45, 2.75) is 22.8 Å². The fourth-order valence-corrected chi connectivity index (χ4v) is 7.53. The first-order chi connectivity index (χ1) is 17.7. The molecule has 0 unspecified atom stereocenters. The molecule has 0 saturated heterocycles. The Hall–Kier alpha value is -3.24. The number of benzene rings is 4. The lowest BCUT2D eigenvalue weighted by Gasteiger charge is -2.23. The Morgan fingerprint density at radius 2 is 1.35 bits per heavy atom. The number of hydrogen-bond acceptors (Lipinski definition) is 4. The smallest absolute Gasteiger partial charge is 0.236 e. The van der Waals surface area contributed by atoms with Crippen molar-refractivity contribution in [1.29, 1.82) is 0 Å². The number of aryl methyl sites for hydroxylation is 1. The summed E-state index contributed by atoms with van der Waals surface area (Å²) in [5, 5.41) is 0.670. The number of halogens is 1. The predicted molar refractivity (Wildman–Crippen MR) is 148 cm³/mol. The minimum Gasteiger partial charge on any atom is -0.236 e. The molecule has 0 amide bonds. The quantitative estimate of drug-likeness (QED) is 0.250. The molecule has 9 heteroatoms. The number of hydrogen-bond donors (Lipinski definition) is 1. The number of nitrogens with zero attached hydrogens (tertiary/aromatic N) is 1. The highest BCUT2D eigenvalue weighted by Crippen LogP contribution is 2.36. The van der Waals surface area contributed by atoms with Crippen molar-refractivity contribution in [3.05, 3.63) is 130 Å². The molecule has 188 valence electrons. The van der Waals surface area contributed by atoms with Gasteiger partial charge in [0.05, 0.1) is 27.0 Å². The number of rotatable bonds is 7. The topological polar surface area (TPSA) is 85.2 Å². The van der Waals surface area contributed by atoms with Crippen LogP contribution in [0.25, 0.3) is 10.9 Å². The molecule has 37 heavy (non-hydrogen) atoms. The average molecular weight is 596 g/mol. The van der Waals surface area contributed by atoms with E-state index in [0.717, 1.165) is 5.56 Å². The minimum atomic E-state index is -4.08. The van der Waals surface area contributed by atoms with E-state index < -0.39 is 26.1 Å². The Bertz CT molecular complexity index is 1800. The lowest BCUT2D eigenvalue weighted by atomic mass is 10.0. The Balaban J connectivity index is 1.78. The minimum absolute atomic E-state index is 0.0868. The van der Waals surface area contributed by atoms with E-state index >= 15 is 0 Å². The van der Waals surface area contributed by atoms with Crippen LogP contribution in [-0.4, -0.2) is 20.8 Å². The second kappa shape index (κ2) is 9.90. The maximum Gasteiger partial charge on any atom is 0.268 e. The average Bonchev–Trinajstić information content (AvgIpc) is 3.29. The van der Waals surface area contributed by atoms with E-state index in [-0.39, 0.29) is 15.5 Å². The first-order valence-corrected chi connectivity index (χ1v) is 15.1. The molecule has 5 rings (SSSR count). The largest absolute Gasteiger partial charge is 0.268 e. The molecule has 1 N–H and O–H groups in total. The normalized spacial score (nSPS) is 13.0. The maximum absolute atomic E-state index is 14.0. The van der Waals surface area contributed by atoms with E-state index in [2.05, 4.69) is 20.7 Å². The molecule has 5 aromatic rings. The van der Waals surface area contributed by atoms with Crippen molar-refractivity contribution in [2.24, 2.45) is 0 Å². The highest BCUT2D eigenvalue weighted by atomic mass is 79.9. The first kappa shape index (κ1) is 25.4. The van der Waals surface area contributed by atoms with E-state index in [1.807, 2.05) is 19.1 Å². The third-order valence-corrected chi connectivity index (χ3v) is 10.0. The van der Waals surface area contributed by atoms with E-state index in [1.54, 1.807) is 72.8 Å². The molecule has 1 aromatic heterocycles. The van der Waals surface area contributed by atoms with Gasteiger partial charge in [0.25, 0.3) is 10.0 Å². The van der Waals surface area contributed by atoms with Gasteiger partial charge in [-0.3, -0.25) is 0 Å². The molecule has 4 aromatic carbocycles. The molecule has 6 nitrogen and oxygen atoms in total. The summed E-state index contributed by atoms with van der Waals surface area (Å²) in [5.41, 5.74) is 2.22. The third-order valence-electron chi connectivity index (χ3n) is 6.09. The summed E-state index contributed by atoms with van der Waals surface area (Å²) < 4.78 is 59.8. The van der Waals surface area contributed by atoms with Gasteiger partial charge in [0.1, 0.15) is 0 Å². The lowest BCUT2D eigenvalue weighted by Crippen LogP contribution is -2.32. The highest BCUT2D eigenvalue weighted by molar-refractivity contribution is 9.10. The molecule has 1 heterocycles. The van der Waals surface area contributed by atoms with Gasteiger partial charge in [-0.25, -0.2) is 20.8 Å². The van der Waals surface area contributed by atoms with Crippen LogP contribution in [0.15, 0.2) is 123 Å². The number of nitrogens with one attached hydrogen (secondary N) is 1. The summed E-state index contributed by atoms with van der Waals surface area (Å²) in [7, 11) is -8.11.